The number of halogens is 2. The number of benzene rings is 2. The lowest BCUT2D eigenvalue weighted by Crippen LogP contribution is -2.50. The average molecular weight is 462 g/mol. The van der Waals surface area contributed by atoms with E-state index in [1.807, 2.05) is 0 Å². The van der Waals surface area contributed by atoms with Crippen molar-refractivity contribution in [2.75, 3.05) is 0 Å². The Morgan fingerprint density at radius 1 is 0.909 bits per heavy atom. The van der Waals surface area contributed by atoms with Crippen LogP contribution >= 0.6 is 0 Å². The summed E-state index contributed by atoms with van der Waals surface area (Å²) in [6.07, 6.45) is -2.38. The third-order valence-corrected chi connectivity index (χ3v) is 4.28. The molecule has 0 spiro atoms. The first-order valence-electron chi connectivity index (χ1n) is 10.4. The van der Waals surface area contributed by atoms with E-state index in [4.69, 9.17) is 9.47 Å². The normalized spacial score (nSPS) is 12.4. The zero-order valence-electron chi connectivity index (χ0n) is 18.8. The first-order valence-corrected chi connectivity index (χ1v) is 10.4. The van der Waals surface area contributed by atoms with Gasteiger partial charge in [-0.2, -0.15) is 8.78 Å². The molecule has 0 aromatic heterocycles. The van der Waals surface area contributed by atoms with E-state index in [9.17, 15) is 23.2 Å². The van der Waals surface area contributed by atoms with Gasteiger partial charge in [0.2, 0.25) is 0 Å². The highest BCUT2D eigenvalue weighted by Gasteiger charge is 2.44. The number of nitrogens with one attached hydrogen (secondary N) is 2. The van der Waals surface area contributed by atoms with Crippen LogP contribution in [-0.4, -0.2) is 35.5 Å². The van der Waals surface area contributed by atoms with Crippen LogP contribution in [0, 0.1) is 0 Å². The van der Waals surface area contributed by atoms with Crippen LogP contribution in [0.4, 0.5) is 13.6 Å². The predicted molar refractivity (Wildman–Crippen MR) is 117 cm³/mol. The van der Waals surface area contributed by atoms with Crippen LogP contribution in [-0.2, 0) is 32.2 Å². The molecule has 0 aliphatic heterocycles. The van der Waals surface area contributed by atoms with Crippen molar-refractivity contribution in [3.8, 4) is 0 Å². The van der Waals surface area contributed by atoms with E-state index in [1.165, 1.54) is 0 Å². The SMILES string of the molecule is CC(C)(C)OC(=O)[C@@H](CC(F)(F)C(=O)NCc1ccccc1)NC(=O)OCc1ccccc1. The van der Waals surface area contributed by atoms with E-state index in [1.54, 1.807) is 81.4 Å². The van der Waals surface area contributed by atoms with Crippen molar-refractivity contribution in [3.63, 3.8) is 0 Å². The number of esters is 1. The van der Waals surface area contributed by atoms with Crippen LogP contribution in [0.25, 0.3) is 0 Å². The van der Waals surface area contributed by atoms with Gasteiger partial charge in [-0.25, -0.2) is 9.59 Å². The molecule has 0 aliphatic rings. The van der Waals surface area contributed by atoms with Crippen LogP contribution in [0.1, 0.15) is 38.3 Å². The second-order valence-corrected chi connectivity index (χ2v) is 8.37. The minimum absolute atomic E-state index is 0.112. The highest BCUT2D eigenvalue weighted by Crippen LogP contribution is 2.23. The van der Waals surface area contributed by atoms with E-state index in [2.05, 4.69) is 10.6 Å². The number of alkyl carbamates (subject to hydrolysis) is 1. The number of carbonyl (C=O) groups excluding carboxylic acids is 3. The standard InChI is InChI=1S/C24H28F2N2O5/c1-23(2,3)33-20(29)19(28-22(31)32-16-18-12-8-5-9-13-18)14-24(25,26)21(30)27-15-17-10-6-4-7-11-17/h4-13,19H,14-16H2,1-3H3,(H,27,30)(H,28,31)/t19-/m1/s1. The van der Waals surface area contributed by atoms with E-state index >= 15 is 0 Å². The molecule has 7 nitrogen and oxygen atoms in total. The smallest absolute Gasteiger partial charge is 0.408 e. The summed E-state index contributed by atoms with van der Waals surface area (Å²) in [4.78, 5) is 36.8. The van der Waals surface area contributed by atoms with Crippen LogP contribution in [0.3, 0.4) is 0 Å². The van der Waals surface area contributed by atoms with Crippen molar-refractivity contribution in [3.05, 3.63) is 71.8 Å². The zero-order chi connectivity index (χ0) is 24.5. The predicted octanol–water partition coefficient (Wildman–Crippen LogP) is 3.96. The second-order valence-electron chi connectivity index (χ2n) is 8.37. The first kappa shape index (κ1) is 25.8. The van der Waals surface area contributed by atoms with Gasteiger partial charge in [0.05, 0.1) is 6.42 Å². The Hall–Kier alpha value is -3.49. The summed E-state index contributed by atoms with van der Waals surface area (Å²) >= 11 is 0. The fourth-order valence-corrected chi connectivity index (χ4v) is 2.73. The van der Waals surface area contributed by atoms with E-state index in [0.717, 1.165) is 0 Å². The molecule has 2 aromatic rings. The summed E-state index contributed by atoms with van der Waals surface area (Å²) in [6, 6.07) is 15.4. The molecule has 2 rings (SSSR count). The fraction of sp³-hybridized carbons (Fsp3) is 0.375. The van der Waals surface area contributed by atoms with Crippen molar-refractivity contribution in [1.29, 1.82) is 0 Å². The molecule has 2 amide bonds. The molecule has 0 bridgehead atoms. The topological polar surface area (TPSA) is 93.7 Å². The second kappa shape index (κ2) is 11.4. The van der Waals surface area contributed by atoms with Crippen molar-refractivity contribution in [1.82, 2.24) is 10.6 Å². The Balaban J connectivity index is 2.03. The Morgan fingerprint density at radius 3 is 2.00 bits per heavy atom. The molecular weight excluding hydrogens is 434 g/mol. The molecule has 0 heterocycles. The van der Waals surface area contributed by atoms with Gasteiger partial charge in [-0.1, -0.05) is 60.7 Å². The van der Waals surface area contributed by atoms with Crippen LogP contribution in [0.15, 0.2) is 60.7 Å². The summed E-state index contributed by atoms with van der Waals surface area (Å²) < 4.78 is 39.5. The van der Waals surface area contributed by atoms with Gasteiger partial charge in [-0.15, -0.1) is 0 Å². The highest BCUT2D eigenvalue weighted by atomic mass is 19.3. The molecule has 9 heteroatoms. The lowest BCUT2D eigenvalue weighted by atomic mass is 10.1. The van der Waals surface area contributed by atoms with Crippen LogP contribution in [0.2, 0.25) is 0 Å². The largest absolute Gasteiger partial charge is 0.458 e. The molecule has 0 fully saturated rings. The van der Waals surface area contributed by atoms with Gasteiger partial charge in [0.25, 0.3) is 5.91 Å². The highest BCUT2D eigenvalue weighted by molar-refractivity contribution is 5.86. The summed E-state index contributed by atoms with van der Waals surface area (Å²) in [5, 5.41) is 4.25. The average Bonchev–Trinajstić information content (AvgIpc) is 2.75. The molecule has 33 heavy (non-hydrogen) atoms. The molecule has 2 N–H and O–H groups in total. The van der Waals surface area contributed by atoms with Crippen molar-refractivity contribution >= 4 is 18.0 Å². The number of amides is 2. The van der Waals surface area contributed by atoms with E-state index < -0.39 is 42.0 Å². The van der Waals surface area contributed by atoms with Gasteiger partial charge in [0, 0.05) is 6.54 Å². The summed E-state index contributed by atoms with van der Waals surface area (Å²) in [5.41, 5.74) is 0.315. The molecule has 0 radical (unpaired) electrons. The molecular formula is C24H28F2N2O5. The lowest BCUT2D eigenvalue weighted by Gasteiger charge is -2.26. The number of hydrogen-bond acceptors (Lipinski definition) is 5. The van der Waals surface area contributed by atoms with Crippen molar-refractivity contribution < 1.29 is 32.6 Å². The van der Waals surface area contributed by atoms with Gasteiger partial charge in [0.15, 0.2) is 0 Å². The Kier molecular flexibility index (Phi) is 8.90. The Morgan fingerprint density at radius 2 is 1.45 bits per heavy atom. The maximum absolute atomic E-state index is 14.7. The van der Waals surface area contributed by atoms with Gasteiger partial charge in [-0.05, 0) is 31.9 Å². The first-order chi connectivity index (χ1) is 15.5. The summed E-state index contributed by atoms with van der Waals surface area (Å²) in [5.74, 6) is -6.63. The molecule has 178 valence electrons. The molecule has 0 aliphatic carbocycles. The summed E-state index contributed by atoms with van der Waals surface area (Å²) in [7, 11) is 0. The Bertz CT molecular complexity index is 931. The number of rotatable bonds is 9. The monoisotopic (exact) mass is 462 g/mol. The quantitative estimate of drug-likeness (QED) is 0.550. The van der Waals surface area contributed by atoms with Crippen molar-refractivity contribution in [2.24, 2.45) is 0 Å². The van der Waals surface area contributed by atoms with Crippen LogP contribution in [0.5, 0.6) is 0 Å². The lowest BCUT2D eigenvalue weighted by molar-refractivity contribution is -0.162. The number of ether oxygens (including phenoxy) is 2. The molecule has 0 saturated heterocycles. The minimum Gasteiger partial charge on any atom is -0.458 e. The third kappa shape index (κ3) is 9.26. The third-order valence-electron chi connectivity index (χ3n) is 4.28. The molecule has 2 aromatic carbocycles. The Labute approximate surface area is 191 Å². The van der Waals surface area contributed by atoms with Gasteiger partial charge in [0.1, 0.15) is 18.2 Å². The maximum atomic E-state index is 14.7. The number of carbonyl (C=O) groups is 3. The molecule has 1 atom stereocenters. The number of alkyl halides is 2. The molecule has 0 unspecified atom stereocenters. The molecule has 0 saturated carbocycles. The van der Waals surface area contributed by atoms with Crippen molar-refractivity contribution in [2.45, 2.75) is 57.9 Å². The van der Waals surface area contributed by atoms with Crippen LogP contribution < -0.4 is 10.6 Å². The van der Waals surface area contributed by atoms with Gasteiger partial charge >= 0.3 is 18.0 Å². The zero-order valence-corrected chi connectivity index (χ0v) is 18.8. The van der Waals surface area contributed by atoms with E-state index in [0.29, 0.717) is 11.1 Å². The minimum atomic E-state index is -3.96. The number of hydrogen-bond donors (Lipinski definition) is 2. The van der Waals surface area contributed by atoms with Gasteiger partial charge < -0.3 is 20.1 Å². The van der Waals surface area contributed by atoms with E-state index in [-0.39, 0.29) is 13.2 Å². The van der Waals surface area contributed by atoms with Gasteiger partial charge in [-0.3, -0.25) is 4.79 Å². The maximum Gasteiger partial charge on any atom is 0.408 e. The fourth-order valence-electron chi connectivity index (χ4n) is 2.73. The summed E-state index contributed by atoms with van der Waals surface area (Å²) in [6.45, 7) is 4.43.